The molecule has 5 rings (SSSR count). The van der Waals surface area contributed by atoms with E-state index in [9.17, 15) is 18.9 Å². The number of aromatic nitrogens is 1. The molecule has 2 aromatic rings. The number of aliphatic carboxylic acids is 1. The molecule has 0 spiro atoms. The Balaban J connectivity index is 1.35. The zero-order valence-corrected chi connectivity index (χ0v) is 23.3. The number of amides is 1. The second kappa shape index (κ2) is 12.9. The van der Waals surface area contributed by atoms with Crippen LogP contribution in [0.3, 0.4) is 0 Å². The van der Waals surface area contributed by atoms with Crippen molar-refractivity contribution in [2.75, 3.05) is 49.1 Å². The molecule has 210 valence electrons. The molecule has 1 amide bonds. The number of nitrogens with one attached hydrogen (secondary N) is 1. The molecule has 2 aliphatic heterocycles. The highest BCUT2D eigenvalue weighted by Crippen LogP contribution is 2.29. The van der Waals surface area contributed by atoms with Crippen LogP contribution in [0.15, 0.2) is 47.4 Å². The fraction of sp³-hybridized carbons (Fsp3) is 0.552. The Bertz CT molecular complexity index is 1170. The van der Waals surface area contributed by atoms with Crippen molar-refractivity contribution in [1.82, 2.24) is 14.6 Å². The number of hydrogen-bond donors (Lipinski definition) is 2. The number of piperidine rings is 1. The Morgan fingerprint density at radius 2 is 1.64 bits per heavy atom. The number of rotatable bonds is 8. The van der Waals surface area contributed by atoms with E-state index in [0.717, 1.165) is 55.8 Å². The molecular formula is C29H39N5O4S. The van der Waals surface area contributed by atoms with Crippen molar-refractivity contribution in [2.24, 2.45) is 5.92 Å². The lowest BCUT2D eigenvalue weighted by molar-refractivity contribution is -0.138. The summed E-state index contributed by atoms with van der Waals surface area (Å²) in [5.74, 6) is 0.674. The second-order valence-electron chi connectivity index (χ2n) is 10.9. The van der Waals surface area contributed by atoms with Crippen molar-refractivity contribution in [3.05, 3.63) is 48.0 Å². The minimum absolute atomic E-state index is 0.0892. The average Bonchev–Trinajstić information content (AvgIpc) is 2.97. The molecule has 2 N–H and O–H groups in total. The first-order valence-corrected chi connectivity index (χ1v) is 15.3. The molecule has 2 atom stereocenters. The Morgan fingerprint density at radius 3 is 2.36 bits per heavy atom. The number of piperazine rings is 1. The van der Waals surface area contributed by atoms with Crippen LogP contribution in [0.5, 0.6) is 0 Å². The topological polar surface area (TPSA) is 106 Å². The van der Waals surface area contributed by atoms with Gasteiger partial charge in [-0.25, -0.2) is 13.5 Å². The van der Waals surface area contributed by atoms with Crippen LogP contribution in [-0.2, 0) is 15.8 Å². The van der Waals surface area contributed by atoms with Gasteiger partial charge in [-0.3, -0.25) is 9.59 Å². The predicted octanol–water partition coefficient (Wildman–Crippen LogP) is 3.68. The number of carbonyl (C=O) groups is 2. The van der Waals surface area contributed by atoms with Crippen LogP contribution in [0.1, 0.15) is 61.7 Å². The van der Waals surface area contributed by atoms with Gasteiger partial charge in [-0.2, -0.15) is 0 Å². The number of carbonyl (C=O) groups excluding carboxylic acids is 1. The number of pyridine rings is 1. The van der Waals surface area contributed by atoms with Crippen molar-refractivity contribution in [3.8, 4) is 0 Å². The van der Waals surface area contributed by atoms with Gasteiger partial charge in [0.1, 0.15) is 22.6 Å². The van der Waals surface area contributed by atoms with Crippen LogP contribution in [0.25, 0.3) is 0 Å². The maximum Gasteiger partial charge on any atom is 0.303 e. The first-order chi connectivity index (χ1) is 19.0. The van der Waals surface area contributed by atoms with E-state index in [1.165, 1.54) is 6.42 Å². The minimum atomic E-state index is -1.23. The molecule has 39 heavy (non-hydrogen) atoms. The molecule has 1 aromatic carbocycles. The molecular weight excluding hydrogens is 514 g/mol. The normalized spacial score (nSPS) is 21.9. The van der Waals surface area contributed by atoms with Gasteiger partial charge in [0.25, 0.3) is 5.91 Å². The van der Waals surface area contributed by atoms with E-state index in [0.29, 0.717) is 44.1 Å². The molecule has 1 aliphatic carbocycles. The molecule has 0 bridgehead atoms. The number of hydrogen-bond acceptors (Lipinski definition) is 6. The molecule has 0 radical (unpaired) electrons. The lowest BCUT2D eigenvalue weighted by Gasteiger charge is -2.37. The van der Waals surface area contributed by atoms with Gasteiger partial charge in [-0.1, -0.05) is 37.5 Å². The lowest BCUT2D eigenvalue weighted by Crippen LogP contribution is -2.48. The van der Waals surface area contributed by atoms with E-state index in [-0.39, 0.29) is 24.3 Å². The fourth-order valence-electron chi connectivity index (χ4n) is 5.98. The molecule has 3 fully saturated rings. The second-order valence-corrected chi connectivity index (χ2v) is 12.4. The Morgan fingerprint density at radius 1 is 0.897 bits per heavy atom. The number of carboxylic acids is 1. The predicted molar refractivity (Wildman–Crippen MR) is 152 cm³/mol. The van der Waals surface area contributed by atoms with Crippen LogP contribution < -0.4 is 15.1 Å². The zero-order chi connectivity index (χ0) is 27.2. The van der Waals surface area contributed by atoms with Gasteiger partial charge < -0.3 is 20.2 Å². The van der Waals surface area contributed by atoms with E-state index in [1.807, 2.05) is 46.8 Å². The first-order valence-electron chi connectivity index (χ1n) is 14.2. The molecule has 3 aliphatic rings. The van der Waals surface area contributed by atoms with Gasteiger partial charge in [0.05, 0.1) is 10.5 Å². The quantitative estimate of drug-likeness (QED) is 0.514. The maximum atomic E-state index is 13.5. The van der Waals surface area contributed by atoms with E-state index in [2.05, 4.69) is 15.1 Å². The van der Waals surface area contributed by atoms with Crippen molar-refractivity contribution in [3.63, 3.8) is 0 Å². The summed E-state index contributed by atoms with van der Waals surface area (Å²) in [5, 5.41) is 12.5. The molecule has 10 heteroatoms. The smallest absolute Gasteiger partial charge is 0.303 e. The summed E-state index contributed by atoms with van der Waals surface area (Å²) in [4.78, 5) is 34.9. The van der Waals surface area contributed by atoms with E-state index in [4.69, 9.17) is 4.98 Å². The van der Waals surface area contributed by atoms with Crippen LogP contribution in [0, 0.1) is 5.92 Å². The maximum absolute atomic E-state index is 13.5. The third kappa shape index (κ3) is 6.97. The molecule has 3 heterocycles. The van der Waals surface area contributed by atoms with Crippen molar-refractivity contribution in [1.29, 1.82) is 0 Å². The number of carboxylic acid groups (broad SMARTS) is 1. The monoisotopic (exact) mass is 553 g/mol. The van der Waals surface area contributed by atoms with Gasteiger partial charge in [-0.15, -0.1) is 0 Å². The Hall–Kier alpha value is -2.98. The van der Waals surface area contributed by atoms with Crippen LogP contribution in [0.4, 0.5) is 11.6 Å². The van der Waals surface area contributed by atoms with Gasteiger partial charge in [0, 0.05) is 51.7 Å². The molecule has 1 aromatic heterocycles. The summed E-state index contributed by atoms with van der Waals surface area (Å²) >= 11 is 0. The Labute approximate surface area is 233 Å². The van der Waals surface area contributed by atoms with Crippen molar-refractivity contribution in [2.45, 2.75) is 62.3 Å². The highest BCUT2D eigenvalue weighted by molar-refractivity contribution is 7.82. The van der Waals surface area contributed by atoms with Gasteiger partial charge in [0.2, 0.25) is 0 Å². The lowest BCUT2D eigenvalue weighted by atomic mass is 9.95. The van der Waals surface area contributed by atoms with Gasteiger partial charge >= 0.3 is 5.97 Å². The average molecular weight is 554 g/mol. The summed E-state index contributed by atoms with van der Waals surface area (Å²) in [6.45, 7) is 3.89. The van der Waals surface area contributed by atoms with Gasteiger partial charge in [0.15, 0.2) is 0 Å². The SMILES string of the molecule is O=C(O)CC1CCCN(c2ccc(C(=O)NC3CCCCC3)c(N3CCN(S(=O)c4ccccc4)CC3)n2)C1. The molecule has 2 saturated heterocycles. The number of anilines is 2. The van der Waals surface area contributed by atoms with Crippen LogP contribution in [-0.4, -0.2) is 75.8 Å². The minimum Gasteiger partial charge on any atom is -0.481 e. The number of benzene rings is 1. The largest absolute Gasteiger partial charge is 0.481 e. The summed E-state index contributed by atoms with van der Waals surface area (Å²) < 4.78 is 15.1. The zero-order valence-electron chi connectivity index (χ0n) is 22.5. The van der Waals surface area contributed by atoms with Crippen LogP contribution >= 0.6 is 0 Å². The fourth-order valence-corrected chi connectivity index (χ4v) is 7.16. The van der Waals surface area contributed by atoms with E-state index < -0.39 is 17.0 Å². The van der Waals surface area contributed by atoms with Gasteiger partial charge in [-0.05, 0) is 55.9 Å². The Kier molecular flexibility index (Phi) is 9.13. The summed E-state index contributed by atoms with van der Waals surface area (Å²) in [7, 11) is -1.23. The molecule has 1 saturated carbocycles. The third-order valence-electron chi connectivity index (χ3n) is 8.07. The third-order valence-corrected chi connectivity index (χ3v) is 9.58. The summed E-state index contributed by atoms with van der Waals surface area (Å²) in [6.07, 6.45) is 7.50. The van der Waals surface area contributed by atoms with E-state index in [1.54, 1.807) is 0 Å². The molecule has 2 unspecified atom stereocenters. The first kappa shape index (κ1) is 27.6. The summed E-state index contributed by atoms with van der Waals surface area (Å²) in [6, 6.07) is 13.5. The number of nitrogens with zero attached hydrogens (tertiary/aromatic N) is 4. The summed E-state index contributed by atoms with van der Waals surface area (Å²) in [5.41, 5.74) is 0.570. The standard InChI is InChI=1S/C29H39N5O4S/c35-27(36)20-22-8-7-15-33(21-22)26-14-13-25(29(37)30-23-9-3-1-4-10-23)28(31-26)32-16-18-34(19-17-32)39(38)24-11-5-2-6-12-24/h2,5-6,11-14,22-23H,1,3-4,7-10,15-21H2,(H,30,37)(H,35,36). The molecule has 9 nitrogen and oxygen atoms in total. The highest BCUT2D eigenvalue weighted by atomic mass is 32.2. The van der Waals surface area contributed by atoms with Crippen LogP contribution in [0.2, 0.25) is 0 Å². The highest BCUT2D eigenvalue weighted by Gasteiger charge is 2.29. The van der Waals surface area contributed by atoms with Crippen molar-refractivity contribution < 1.29 is 18.9 Å². The van der Waals surface area contributed by atoms with Crippen molar-refractivity contribution >= 4 is 34.5 Å². The van der Waals surface area contributed by atoms with E-state index >= 15 is 0 Å².